The molecule has 0 aliphatic rings. The SMILES string of the molecule is CCC(C)C(=O)NCCc1c(OC)cc(OC)cc1OC. The molecule has 0 spiro atoms. The molecule has 118 valence electrons. The number of benzene rings is 1. The number of carbonyl (C=O) groups is 1. The number of ether oxygens (including phenoxy) is 3. The van der Waals surface area contributed by atoms with E-state index in [-0.39, 0.29) is 11.8 Å². The predicted molar refractivity (Wildman–Crippen MR) is 82.3 cm³/mol. The maximum absolute atomic E-state index is 11.8. The van der Waals surface area contributed by atoms with Gasteiger partial charge in [0.15, 0.2) is 0 Å². The van der Waals surface area contributed by atoms with Crippen molar-refractivity contribution in [2.75, 3.05) is 27.9 Å². The van der Waals surface area contributed by atoms with Gasteiger partial charge >= 0.3 is 0 Å². The van der Waals surface area contributed by atoms with Crippen LogP contribution in [-0.2, 0) is 11.2 Å². The van der Waals surface area contributed by atoms with Gasteiger partial charge in [0.1, 0.15) is 17.2 Å². The van der Waals surface area contributed by atoms with Crippen molar-refractivity contribution in [3.63, 3.8) is 0 Å². The summed E-state index contributed by atoms with van der Waals surface area (Å²) < 4.78 is 16.0. The quantitative estimate of drug-likeness (QED) is 0.800. The molecular weight excluding hydrogens is 270 g/mol. The van der Waals surface area contributed by atoms with Gasteiger partial charge in [-0.05, 0) is 12.8 Å². The molecular formula is C16H25NO4. The standard InChI is InChI=1S/C16H25NO4/c1-6-11(2)16(18)17-8-7-13-14(20-4)9-12(19-3)10-15(13)21-5/h9-11H,6-8H2,1-5H3,(H,17,18). The van der Waals surface area contributed by atoms with Crippen molar-refractivity contribution in [1.29, 1.82) is 0 Å². The lowest BCUT2D eigenvalue weighted by Crippen LogP contribution is -2.30. The smallest absolute Gasteiger partial charge is 0.222 e. The fourth-order valence-electron chi connectivity index (χ4n) is 1.99. The van der Waals surface area contributed by atoms with Crippen molar-refractivity contribution in [3.05, 3.63) is 17.7 Å². The summed E-state index contributed by atoms with van der Waals surface area (Å²) in [5, 5.41) is 2.93. The molecule has 1 unspecified atom stereocenters. The van der Waals surface area contributed by atoms with Crippen LogP contribution < -0.4 is 19.5 Å². The summed E-state index contributed by atoms with van der Waals surface area (Å²) in [6.07, 6.45) is 1.47. The van der Waals surface area contributed by atoms with Gasteiger partial charge in [-0.2, -0.15) is 0 Å². The first-order valence-electron chi connectivity index (χ1n) is 7.13. The van der Waals surface area contributed by atoms with Crippen molar-refractivity contribution in [2.45, 2.75) is 26.7 Å². The summed E-state index contributed by atoms with van der Waals surface area (Å²) in [7, 11) is 4.81. The molecule has 0 heterocycles. The number of methoxy groups -OCH3 is 3. The molecule has 1 atom stereocenters. The molecule has 0 radical (unpaired) electrons. The van der Waals surface area contributed by atoms with Crippen molar-refractivity contribution in [2.24, 2.45) is 5.92 Å². The van der Waals surface area contributed by atoms with Crippen LogP contribution >= 0.6 is 0 Å². The van der Waals surface area contributed by atoms with Gasteiger partial charge in [0.25, 0.3) is 0 Å². The highest BCUT2D eigenvalue weighted by Crippen LogP contribution is 2.34. The number of amides is 1. The zero-order valence-corrected chi connectivity index (χ0v) is 13.5. The Bertz CT molecular complexity index is 448. The minimum absolute atomic E-state index is 0.0321. The molecule has 0 bridgehead atoms. The fraction of sp³-hybridized carbons (Fsp3) is 0.562. The van der Waals surface area contributed by atoms with Crippen LogP contribution in [0.25, 0.3) is 0 Å². The third-order valence-corrected chi connectivity index (χ3v) is 3.55. The first kappa shape index (κ1) is 17.1. The van der Waals surface area contributed by atoms with E-state index in [2.05, 4.69) is 5.32 Å². The van der Waals surface area contributed by atoms with Gasteiger partial charge in [-0.25, -0.2) is 0 Å². The lowest BCUT2D eigenvalue weighted by Gasteiger charge is -2.16. The summed E-state index contributed by atoms with van der Waals surface area (Å²) in [6.45, 7) is 4.46. The second kappa shape index (κ2) is 8.39. The zero-order chi connectivity index (χ0) is 15.8. The largest absolute Gasteiger partial charge is 0.496 e. The minimum Gasteiger partial charge on any atom is -0.496 e. The Morgan fingerprint density at radius 3 is 2.14 bits per heavy atom. The number of carbonyl (C=O) groups excluding carboxylic acids is 1. The third-order valence-electron chi connectivity index (χ3n) is 3.55. The minimum atomic E-state index is 0.0321. The number of hydrogen-bond donors (Lipinski definition) is 1. The van der Waals surface area contributed by atoms with Crippen molar-refractivity contribution >= 4 is 5.91 Å². The lowest BCUT2D eigenvalue weighted by atomic mass is 10.1. The van der Waals surface area contributed by atoms with Crippen molar-refractivity contribution in [1.82, 2.24) is 5.32 Å². The van der Waals surface area contributed by atoms with Crippen LogP contribution in [0.4, 0.5) is 0 Å². The molecule has 0 aliphatic carbocycles. The van der Waals surface area contributed by atoms with E-state index in [0.717, 1.165) is 12.0 Å². The average Bonchev–Trinajstić information content (AvgIpc) is 2.53. The normalized spacial score (nSPS) is 11.7. The second-order valence-corrected chi connectivity index (χ2v) is 4.86. The molecule has 21 heavy (non-hydrogen) atoms. The molecule has 1 aromatic carbocycles. The van der Waals surface area contributed by atoms with E-state index in [1.807, 2.05) is 26.0 Å². The Morgan fingerprint density at radius 1 is 1.14 bits per heavy atom. The van der Waals surface area contributed by atoms with Gasteiger partial charge in [-0.1, -0.05) is 13.8 Å². The molecule has 0 fully saturated rings. The van der Waals surface area contributed by atoms with Crippen LogP contribution in [-0.4, -0.2) is 33.8 Å². The molecule has 0 saturated heterocycles. The van der Waals surface area contributed by atoms with Crippen LogP contribution in [0.5, 0.6) is 17.2 Å². The van der Waals surface area contributed by atoms with E-state index in [9.17, 15) is 4.79 Å². The second-order valence-electron chi connectivity index (χ2n) is 4.86. The summed E-state index contributed by atoms with van der Waals surface area (Å²) in [5.74, 6) is 2.18. The molecule has 0 saturated carbocycles. The number of rotatable bonds is 8. The van der Waals surface area contributed by atoms with Gasteiger partial charge < -0.3 is 19.5 Å². The zero-order valence-electron chi connectivity index (χ0n) is 13.5. The van der Waals surface area contributed by atoms with E-state index < -0.39 is 0 Å². The topological polar surface area (TPSA) is 56.8 Å². The Balaban J connectivity index is 2.80. The number of hydrogen-bond acceptors (Lipinski definition) is 4. The fourth-order valence-corrected chi connectivity index (χ4v) is 1.99. The molecule has 5 heteroatoms. The molecule has 1 rings (SSSR count). The third kappa shape index (κ3) is 4.55. The monoisotopic (exact) mass is 295 g/mol. The van der Waals surface area contributed by atoms with Crippen LogP contribution in [0.1, 0.15) is 25.8 Å². The van der Waals surface area contributed by atoms with Crippen LogP contribution in [0.3, 0.4) is 0 Å². The molecule has 1 amide bonds. The van der Waals surface area contributed by atoms with Crippen LogP contribution in [0.15, 0.2) is 12.1 Å². The summed E-state index contributed by atoms with van der Waals surface area (Å²) in [5.41, 5.74) is 0.922. The molecule has 1 N–H and O–H groups in total. The maximum Gasteiger partial charge on any atom is 0.222 e. The van der Waals surface area contributed by atoms with Gasteiger partial charge in [-0.3, -0.25) is 4.79 Å². The lowest BCUT2D eigenvalue weighted by molar-refractivity contribution is -0.124. The Labute approximate surface area is 126 Å². The summed E-state index contributed by atoms with van der Waals surface area (Å²) >= 11 is 0. The molecule has 0 aliphatic heterocycles. The van der Waals surface area contributed by atoms with Gasteiger partial charge in [0, 0.05) is 30.2 Å². The van der Waals surface area contributed by atoms with Crippen LogP contribution in [0.2, 0.25) is 0 Å². The highest BCUT2D eigenvalue weighted by Gasteiger charge is 2.14. The summed E-state index contributed by atoms with van der Waals surface area (Å²) in [6, 6.07) is 3.63. The highest BCUT2D eigenvalue weighted by molar-refractivity contribution is 5.78. The molecule has 5 nitrogen and oxygen atoms in total. The maximum atomic E-state index is 11.8. The Kier molecular flexibility index (Phi) is 6.85. The van der Waals surface area contributed by atoms with Crippen LogP contribution in [0, 0.1) is 5.92 Å². The van der Waals surface area contributed by atoms with E-state index in [1.54, 1.807) is 21.3 Å². The predicted octanol–water partition coefficient (Wildman–Crippen LogP) is 2.42. The Morgan fingerprint density at radius 2 is 1.71 bits per heavy atom. The van der Waals surface area contributed by atoms with Gasteiger partial charge in [0.05, 0.1) is 21.3 Å². The molecule has 0 aromatic heterocycles. The first-order valence-corrected chi connectivity index (χ1v) is 7.13. The van der Waals surface area contributed by atoms with Gasteiger partial charge in [-0.15, -0.1) is 0 Å². The Hall–Kier alpha value is -1.91. The van der Waals surface area contributed by atoms with E-state index in [1.165, 1.54) is 0 Å². The molecule has 1 aromatic rings. The average molecular weight is 295 g/mol. The van der Waals surface area contributed by atoms with Crippen molar-refractivity contribution in [3.8, 4) is 17.2 Å². The first-order chi connectivity index (χ1) is 10.1. The van der Waals surface area contributed by atoms with E-state index in [4.69, 9.17) is 14.2 Å². The van der Waals surface area contributed by atoms with E-state index >= 15 is 0 Å². The highest BCUT2D eigenvalue weighted by atomic mass is 16.5. The van der Waals surface area contributed by atoms with Gasteiger partial charge in [0.2, 0.25) is 5.91 Å². The van der Waals surface area contributed by atoms with E-state index in [0.29, 0.717) is 30.2 Å². The number of nitrogens with one attached hydrogen (secondary N) is 1. The van der Waals surface area contributed by atoms with Crippen molar-refractivity contribution < 1.29 is 19.0 Å². The summed E-state index contributed by atoms with van der Waals surface area (Å²) in [4.78, 5) is 11.8.